The van der Waals surface area contributed by atoms with Gasteiger partial charge in [-0.15, -0.1) is 40.5 Å². The molecule has 0 aromatic rings. The molecule has 0 radical (unpaired) electrons. The molecule has 0 saturated carbocycles. The highest BCUT2D eigenvalue weighted by molar-refractivity contribution is 4.67. The number of rotatable bonds is 11. The van der Waals surface area contributed by atoms with Crippen LogP contribution >= 0.6 is 0 Å². The van der Waals surface area contributed by atoms with Crippen LogP contribution in [0.1, 0.15) is 74.1 Å². The van der Waals surface area contributed by atoms with Crippen LogP contribution in [0.4, 0.5) is 0 Å². The van der Waals surface area contributed by atoms with E-state index in [1.54, 1.807) is 6.92 Å². The average molecular weight is 549 g/mol. The Kier molecular flexibility index (Phi) is 30.2. The van der Waals surface area contributed by atoms with Gasteiger partial charge in [-0.05, 0) is 50.4 Å². The minimum absolute atomic E-state index is 0.190. The van der Waals surface area contributed by atoms with Crippen LogP contribution in [0, 0.1) is 58.2 Å². The van der Waals surface area contributed by atoms with Crippen LogP contribution in [0.15, 0.2) is 0 Å². The van der Waals surface area contributed by atoms with Crippen molar-refractivity contribution in [2.75, 3.05) is 27.4 Å². The molecule has 37 heavy (non-hydrogen) atoms. The summed E-state index contributed by atoms with van der Waals surface area (Å²) in [5.41, 5.74) is 0. The predicted molar refractivity (Wildman–Crippen MR) is 131 cm³/mol. The lowest BCUT2D eigenvalue weighted by molar-refractivity contribution is -0.769. The van der Waals surface area contributed by atoms with Gasteiger partial charge in [0.2, 0.25) is 0 Å². The van der Waals surface area contributed by atoms with Crippen LogP contribution in [-0.4, -0.2) is 60.0 Å². The van der Waals surface area contributed by atoms with Crippen LogP contribution in [-0.2, 0) is 24.1 Å². The Bertz CT molecular complexity index is 573. The standard InChI is InChI=1S/C7H14O.C6H13NO3.C5H11NO3.2CH3NO3/c1-6(2)7-4-3-5-8-7;1-6(2)4-3-5-10-7(8)9;1-4(2)5(3)9-6(7)8;2*1-5-2(3)4/h6-7H,3-5H2,1-2H3;6H,3-5H2,1-2H3;4-5H,1-3H3;2*1H3. The Morgan fingerprint density at radius 1 is 0.811 bits per heavy atom. The molecule has 0 aromatic heterocycles. The van der Waals surface area contributed by atoms with Gasteiger partial charge in [0.15, 0.2) is 0 Å². The van der Waals surface area contributed by atoms with Crippen molar-refractivity contribution < 1.29 is 44.4 Å². The number of hydrogen-bond donors (Lipinski definition) is 0. The smallest absolute Gasteiger partial charge is 0.294 e. The largest absolute Gasteiger partial charge is 0.378 e. The van der Waals surface area contributed by atoms with Gasteiger partial charge in [-0.1, -0.05) is 41.5 Å². The van der Waals surface area contributed by atoms with Crippen LogP contribution in [0.3, 0.4) is 0 Å². The van der Waals surface area contributed by atoms with Gasteiger partial charge in [-0.25, -0.2) is 0 Å². The molecular formula is C20H44N4O13. The predicted octanol–water partition coefficient (Wildman–Crippen LogP) is 4.34. The van der Waals surface area contributed by atoms with Gasteiger partial charge in [0, 0.05) is 6.61 Å². The summed E-state index contributed by atoms with van der Waals surface area (Å²) in [5, 5.41) is 34.0. The van der Waals surface area contributed by atoms with Crippen molar-refractivity contribution in [3.63, 3.8) is 0 Å². The second-order valence-corrected chi connectivity index (χ2v) is 8.48. The molecule has 0 spiro atoms. The molecular weight excluding hydrogens is 504 g/mol. The van der Waals surface area contributed by atoms with Crippen LogP contribution in [0.5, 0.6) is 0 Å². The highest BCUT2D eigenvalue weighted by Gasteiger charge is 2.18. The van der Waals surface area contributed by atoms with E-state index in [4.69, 9.17) is 25.0 Å². The number of hydrogen-bond acceptors (Lipinski definition) is 13. The minimum Gasteiger partial charge on any atom is -0.378 e. The summed E-state index contributed by atoms with van der Waals surface area (Å²) in [4.78, 5) is 52.5. The summed E-state index contributed by atoms with van der Waals surface area (Å²) in [6.07, 6.45) is 4.54. The monoisotopic (exact) mass is 548 g/mol. The second kappa shape index (κ2) is 27.3. The average Bonchev–Trinajstić information content (AvgIpc) is 3.33. The lowest BCUT2D eigenvalue weighted by atomic mass is 10.1. The van der Waals surface area contributed by atoms with E-state index in [2.05, 4.69) is 47.0 Å². The van der Waals surface area contributed by atoms with Gasteiger partial charge in [-0.3, -0.25) is 0 Å². The Morgan fingerprint density at radius 2 is 1.27 bits per heavy atom. The normalized spacial score (nSPS) is 14.1. The third kappa shape index (κ3) is 43.3. The molecule has 17 nitrogen and oxygen atoms in total. The van der Waals surface area contributed by atoms with Crippen molar-refractivity contribution >= 4 is 0 Å². The highest BCUT2D eigenvalue weighted by atomic mass is 17.0. The van der Waals surface area contributed by atoms with Crippen LogP contribution in [0.2, 0.25) is 0 Å². The SMILES string of the molecule is CC(C)C(C)O[N+](=O)[O-].CC(C)C1CCCO1.CC(C)CCCO[N+](=O)[O-].CO[N+](=O)[O-].CO[N+](=O)[O-]. The first kappa shape index (κ1) is 40.9. The molecule has 0 bridgehead atoms. The van der Waals surface area contributed by atoms with E-state index in [-0.39, 0.29) is 18.6 Å². The van der Waals surface area contributed by atoms with Gasteiger partial charge >= 0.3 is 0 Å². The zero-order valence-electron chi connectivity index (χ0n) is 23.2. The molecule has 222 valence electrons. The molecule has 1 heterocycles. The fourth-order valence-corrected chi connectivity index (χ4v) is 2.02. The van der Waals surface area contributed by atoms with Gasteiger partial charge in [0.05, 0.1) is 26.9 Å². The molecule has 1 saturated heterocycles. The summed E-state index contributed by atoms with van der Waals surface area (Å²) in [7, 11) is 2.00. The highest BCUT2D eigenvalue weighted by Crippen LogP contribution is 2.18. The Hall–Kier alpha value is -3.24. The third-order valence-electron chi connectivity index (χ3n) is 4.32. The Balaban J connectivity index is -0.000000189. The molecule has 2 atom stereocenters. The molecule has 2 unspecified atom stereocenters. The fourth-order valence-electron chi connectivity index (χ4n) is 2.02. The molecule has 0 N–H and O–H groups in total. The van der Waals surface area contributed by atoms with E-state index < -0.39 is 20.3 Å². The maximum Gasteiger partial charge on any atom is 0.294 e. The number of ether oxygens (including phenoxy) is 1. The van der Waals surface area contributed by atoms with E-state index in [0.717, 1.165) is 39.6 Å². The fraction of sp³-hybridized carbons (Fsp3) is 1.00. The second-order valence-electron chi connectivity index (χ2n) is 8.48. The van der Waals surface area contributed by atoms with Crippen molar-refractivity contribution in [2.45, 2.75) is 86.4 Å². The van der Waals surface area contributed by atoms with E-state index in [1.165, 1.54) is 12.8 Å². The molecule has 1 fully saturated rings. The molecule has 0 aromatic carbocycles. The lowest BCUT2D eigenvalue weighted by Crippen LogP contribution is -2.18. The lowest BCUT2D eigenvalue weighted by Gasteiger charge is -2.11. The van der Waals surface area contributed by atoms with E-state index in [1.807, 2.05) is 13.8 Å². The minimum atomic E-state index is -0.875. The molecule has 1 aliphatic heterocycles. The Labute approximate surface area is 217 Å². The van der Waals surface area contributed by atoms with Crippen LogP contribution < -0.4 is 0 Å². The molecule has 17 heteroatoms. The van der Waals surface area contributed by atoms with Gasteiger partial charge in [-0.2, -0.15) is 0 Å². The molecule has 1 rings (SSSR count). The van der Waals surface area contributed by atoms with Crippen LogP contribution in [0.25, 0.3) is 0 Å². The molecule has 0 aliphatic carbocycles. The number of nitrogens with zero attached hydrogens (tertiary/aromatic N) is 4. The quantitative estimate of drug-likeness (QED) is 0.199. The van der Waals surface area contributed by atoms with E-state index >= 15 is 0 Å². The zero-order chi connectivity index (χ0) is 30.0. The molecule has 0 amide bonds. The van der Waals surface area contributed by atoms with Gasteiger partial charge < -0.3 is 24.1 Å². The van der Waals surface area contributed by atoms with Gasteiger partial charge in [0.1, 0.15) is 6.10 Å². The van der Waals surface area contributed by atoms with Crippen molar-refractivity contribution in [1.29, 1.82) is 0 Å². The first-order valence-corrected chi connectivity index (χ1v) is 11.6. The molecule has 1 aliphatic rings. The van der Waals surface area contributed by atoms with Gasteiger partial charge in [0.25, 0.3) is 20.3 Å². The summed E-state index contributed by atoms with van der Waals surface area (Å²) in [6.45, 7) is 15.2. The van der Waals surface area contributed by atoms with E-state index in [9.17, 15) is 20.2 Å². The Morgan fingerprint density at radius 3 is 1.46 bits per heavy atom. The van der Waals surface area contributed by atoms with Crippen molar-refractivity contribution in [3.8, 4) is 0 Å². The summed E-state index contributed by atoms with van der Waals surface area (Å²) in [5.74, 6) is 1.50. The van der Waals surface area contributed by atoms with Crippen molar-refractivity contribution in [2.24, 2.45) is 17.8 Å². The maximum absolute atomic E-state index is 9.70. The zero-order valence-corrected chi connectivity index (χ0v) is 23.2. The van der Waals surface area contributed by atoms with Crippen molar-refractivity contribution in [3.05, 3.63) is 40.5 Å². The summed E-state index contributed by atoms with van der Waals surface area (Å²) < 4.78 is 5.41. The van der Waals surface area contributed by atoms with E-state index in [0.29, 0.717) is 12.0 Å². The summed E-state index contributed by atoms with van der Waals surface area (Å²) in [6, 6.07) is 0. The first-order valence-electron chi connectivity index (χ1n) is 11.6. The third-order valence-corrected chi connectivity index (χ3v) is 4.32. The summed E-state index contributed by atoms with van der Waals surface area (Å²) >= 11 is 0. The topological polar surface area (TPSA) is 219 Å². The van der Waals surface area contributed by atoms with Crippen molar-refractivity contribution in [1.82, 2.24) is 0 Å². The first-order chi connectivity index (χ1) is 17.0. The maximum atomic E-state index is 9.70.